The van der Waals surface area contributed by atoms with Crippen LogP contribution in [0.1, 0.15) is 19.4 Å². The van der Waals surface area contributed by atoms with Crippen LogP contribution in [0.2, 0.25) is 0 Å². The first-order valence-electron chi connectivity index (χ1n) is 6.02. The summed E-state index contributed by atoms with van der Waals surface area (Å²) in [7, 11) is 0. The Kier molecular flexibility index (Phi) is 3.77. The van der Waals surface area contributed by atoms with Crippen molar-refractivity contribution >= 4 is 5.82 Å². The molecular formula is C14H17N3O. The van der Waals surface area contributed by atoms with Gasteiger partial charge in [-0.2, -0.15) is 0 Å². The first kappa shape index (κ1) is 12.4. The van der Waals surface area contributed by atoms with Gasteiger partial charge in [0, 0.05) is 18.7 Å². The monoisotopic (exact) mass is 243 g/mol. The predicted octanol–water partition coefficient (Wildman–Crippen LogP) is 2.18. The van der Waals surface area contributed by atoms with Crippen LogP contribution >= 0.6 is 0 Å². The molecule has 0 atom stereocenters. The molecule has 0 unspecified atom stereocenters. The molecule has 1 aromatic heterocycles. The molecule has 4 heteroatoms. The normalized spacial score (nSPS) is 10.6. The summed E-state index contributed by atoms with van der Waals surface area (Å²) in [5, 5.41) is 0. The summed E-state index contributed by atoms with van der Waals surface area (Å²) in [6, 6.07) is 12.0. The summed E-state index contributed by atoms with van der Waals surface area (Å²) in [6.07, 6.45) is 1.44. The molecule has 0 fully saturated rings. The lowest BCUT2D eigenvalue weighted by atomic mass is 10.2. The van der Waals surface area contributed by atoms with E-state index in [4.69, 9.17) is 0 Å². The van der Waals surface area contributed by atoms with Crippen molar-refractivity contribution in [3.8, 4) is 0 Å². The second-order valence-electron chi connectivity index (χ2n) is 4.48. The number of hydrogen-bond acceptors (Lipinski definition) is 3. The molecule has 0 bridgehead atoms. The second-order valence-corrected chi connectivity index (χ2v) is 4.48. The van der Waals surface area contributed by atoms with Crippen LogP contribution in [0.5, 0.6) is 0 Å². The average Bonchev–Trinajstić information content (AvgIpc) is 2.37. The van der Waals surface area contributed by atoms with E-state index in [1.54, 1.807) is 0 Å². The predicted molar refractivity (Wildman–Crippen MR) is 72.6 cm³/mol. The lowest BCUT2D eigenvalue weighted by molar-refractivity contribution is 0.670. The SMILES string of the molecule is CC(C)N(Cc1ccccc1)c1cc(=O)[nH]cn1. The molecule has 1 heterocycles. The van der Waals surface area contributed by atoms with Gasteiger partial charge in [-0.1, -0.05) is 30.3 Å². The Balaban J connectivity index is 2.27. The topological polar surface area (TPSA) is 49.0 Å². The highest BCUT2D eigenvalue weighted by atomic mass is 16.1. The third-order valence-corrected chi connectivity index (χ3v) is 2.78. The summed E-state index contributed by atoms with van der Waals surface area (Å²) in [6.45, 7) is 4.92. The van der Waals surface area contributed by atoms with Crippen LogP contribution in [0.4, 0.5) is 5.82 Å². The fourth-order valence-corrected chi connectivity index (χ4v) is 1.82. The van der Waals surface area contributed by atoms with Crippen LogP contribution in [-0.4, -0.2) is 16.0 Å². The van der Waals surface area contributed by atoms with Crippen molar-refractivity contribution in [2.24, 2.45) is 0 Å². The summed E-state index contributed by atoms with van der Waals surface area (Å²) >= 11 is 0. The van der Waals surface area contributed by atoms with Crippen LogP contribution in [0.15, 0.2) is 47.5 Å². The minimum Gasteiger partial charge on any atom is -0.350 e. The van der Waals surface area contributed by atoms with Crippen molar-refractivity contribution < 1.29 is 0 Å². The van der Waals surface area contributed by atoms with Gasteiger partial charge < -0.3 is 9.88 Å². The third-order valence-electron chi connectivity index (χ3n) is 2.78. The highest BCUT2D eigenvalue weighted by Gasteiger charge is 2.12. The van der Waals surface area contributed by atoms with Gasteiger partial charge in [0.15, 0.2) is 0 Å². The third kappa shape index (κ3) is 2.97. The van der Waals surface area contributed by atoms with Crippen LogP contribution in [0, 0.1) is 0 Å². The van der Waals surface area contributed by atoms with Gasteiger partial charge in [-0.05, 0) is 19.4 Å². The summed E-state index contributed by atoms with van der Waals surface area (Å²) in [5.41, 5.74) is 1.08. The molecule has 0 amide bonds. The number of aromatic amines is 1. The van der Waals surface area contributed by atoms with Crippen molar-refractivity contribution in [3.05, 3.63) is 58.6 Å². The van der Waals surface area contributed by atoms with E-state index in [1.165, 1.54) is 18.0 Å². The van der Waals surface area contributed by atoms with Gasteiger partial charge in [-0.25, -0.2) is 4.98 Å². The van der Waals surface area contributed by atoms with Crippen LogP contribution in [0.25, 0.3) is 0 Å². The first-order chi connectivity index (χ1) is 8.66. The Labute approximate surface area is 106 Å². The first-order valence-corrected chi connectivity index (χ1v) is 6.02. The molecule has 2 aromatic rings. The van der Waals surface area contributed by atoms with Gasteiger partial charge in [0.05, 0.1) is 6.33 Å². The number of aromatic nitrogens is 2. The number of benzene rings is 1. The van der Waals surface area contributed by atoms with Crippen LogP contribution in [-0.2, 0) is 6.54 Å². The Morgan fingerprint density at radius 1 is 1.28 bits per heavy atom. The molecule has 0 saturated carbocycles. The Morgan fingerprint density at radius 3 is 2.61 bits per heavy atom. The van der Waals surface area contributed by atoms with Crippen LogP contribution < -0.4 is 10.5 Å². The molecular weight excluding hydrogens is 226 g/mol. The van der Waals surface area contributed by atoms with E-state index in [0.29, 0.717) is 5.82 Å². The number of nitrogens with one attached hydrogen (secondary N) is 1. The largest absolute Gasteiger partial charge is 0.350 e. The zero-order chi connectivity index (χ0) is 13.0. The maximum Gasteiger partial charge on any atom is 0.252 e. The maximum absolute atomic E-state index is 11.3. The van der Waals surface area contributed by atoms with Crippen molar-refractivity contribution in [1.29, 1.82) is 0 Å². The van der Waals surface area contributed by atoms with E-state index in [0.717, 1.165) is 6.54 Å². The minimum absolute atomic E-state index is 0.126. The lowest BCUT2D eigenvalue weighted by Gasteiger charge is -2.27. The standard InChI is InChI=1S/C14H17N3O/c1-11(2)17(9-12-6-4-3-5-7-12)13-8-14(18)16-10-15-13/h3-8,10-11H,9H2,1-2H3,(H,15,16,18). The van der Waals surface area contributed by atoms with Crippen LogP contribution in [0.3, 0.4) is 0 Å². The molecule has 4 nitrogen and oxygen atoms in total. The molecule has 1 aromatic carbocycles. The summed E-state index contributed by atoms with van der Waals surface area (Å²) in [4.78, 5) is 20.2. The van der Waals surface area contributed by atoms with E-state index < -0.39 is 0 Å². The highest BCUT2D eigenvalue weighted by Crippen LogP contribution is 2.15. The fourth-order valence-electron chi connectivity index (χ4n) is 1.82. The van der Waals surface area contributed by atoms with E-state index in [2.05, 4.69) is 40.8 Å². The number of nitrogens with zero attached hydrogens (tertiary/aromatic N) is 2. The Bertz CT molecular complexity index is 548. The van der Waals surface area contributed by atoms with E-state index in [1.807, 2.05) is 18.2 Å². The molecule has 0 aliphatic carbocycles. The van der Waals surface area contributed by atoms with Gasteiger partial charge in [0.1, 0.15) is 5.82 Å². The zero-order valence-electron chi connectivity index (χ0n) is 10.6. The number of hydrogen-bond donors (Lipinski definition) is 1. The van der Waals surface area contributed by atoms with Gasteiger partial charge in [0.2, 0.25) is 0 Å². The highest BCUT2D eigenvalue weighted by molar-refractivity contribution is 5.39. The molecule has 0 aliphatic heterocycles. The molecule has 0 aliphatic rings. The molecule has 94 valence electrons. The Hall–Kier alpha value is -2.10. The summed E-state index contributed by atoms with van der Waals surface area (Å²) in [5.74, 6) is 0.706. The maximum atomic E-state index is 11.3. The molecule has 1 N–H and O–H groups in total. The quantitative estimate of drug-likeness (QED) is 0.895. The molecule has 0 spiro atoms. The molecule has 0 saturated heterocycles. The van der Waals surface area contributed by atoms with Crippen molar-refractivity contribution in [2.45, 2.75) is 26.4 Å². The Morgan fingerprint density at radius 2 is 2.00 bits per heavy atom. The van der Waals surface area contributed by atoms with Crippen molar-refractivity contribution in [1.82, 2.24) is 9.97 Å². The lowest BCUT2D eigenvalue weighted by Crippen LogP contribution is -2.31. The van der Waals surface area contributed by atoms with Crippen molar-refractivity contribution in [3.63, 3.8) is 0 Å². The molecule has 2 rings (SSSR count). The fraction of sp³-hybridized carbons (Fsp3) is 0.286. The summed E-state index contributed by atoms with van der Waals surface area (Å²) < 4.78 is 0. The smallest absolute Gasteiger partial charge is 0.252 e. The van der Waals surface area contributed by atoms with E-state index in [-0.39, 0.29) is 11.6 Å². The minimum atomic E-state index is -0.126. The number of H-pyrrole nitrogens is 1. The number of rotatable bonds is 4. The molecule has 18 heavy (non-hydrogen) atoms. The van der Waals surface area contributed by atoms with E-state index >= 15 is 0 Å². The zero-order valence-corrected chi connectivity index (χ0v) is 10.6. The van der Waals surface area contributed by atoms with Gasteiger partial charge in [-0.3, -0.25) is 4.79 Å². The van der Waals surface area contributed by atoms with E-state index in [9.17, 15) is 4.79 Å². The van der Waals surface area contributed by atoms with Gasteiger partial charge in [-0.15, -0.1) is 0 Å². The van der Waals surface area contributed by atoms with Gasteiger partial charge >= 0.3 is 0 Å². The average molecular weight is 243 g/mol. The number of anilines is 1. The van der Waals surface area contributed by atoms with Gasteiger partial charge in [0.25, 0.3) is 5.56 Å². The molecule has 0 radical (unpaired) electrons. The van der Waals surface area contributed by atoms with Crippen molar-refractivity contribution in [2.75, 3.05) is 4.90 Å². The second kappa shape index (κ2) is 5.49.